The van der Waals surface area contributed by atoms with Crippen molar-refractivity contribution in [2.45, 2.75) is 13.0 Å². The van der Waals surface area contributed by atoms with Gasteiger partial charge in [-0.05, 0) is 31.2 Å². The Labute approximate surface area is 89.7 Å². The summed E-state index contributed by atoms with van der Waals surface area (Å²) in [6, 6.07) is 9.61. The highest BCUT2D eigenvalue weighted by molar-refractivity contribution is 5.47. The second-order valence-electron chi connectivity index (χ2n) is 3.25. The van der Waals surface area contributed by atoms with Crippen LogP contribution in [0.3, 0.4) is 0 Å². The molecule has 0 saturated heterocycles. The molecule has 0 saturated carbocycles. The van der Waals surface area contributed by atoms with Crippen LogP contribution >= 0.6 is 0 Å². The minimum atomic E-state index is 0.0754. The molecule has 4 nitrogen and oxygen atoms in total. The first kappa shape index (κ1) is 11.3. The number of hydrogen-bond acceptors (Lipinski definition) is 4. The first-order chi connectivity index (χ1) is 7.26. The molecule has 1 unspecified atom stereocenters. The van der Waals surface area contributed by atoms with Gasteiger partial charge in [-0.25, -0.2) is 0 Å². The third-order valence-corrected chi connectivity index (χ3v) is 1.92. The Balaban J connectivity index is 2.53. The van der Waals surface area contributed by atoms with E-state index in [0.29, 0.717) is 12.3 Å². The fourth-order valence-corrected chi connectivity index (χ4v) is 1.11. The van der Waals surface area contributed by atoms with Crippen LogP contribution in [0.15, 0.2) is 24.3 Å². The lowest BCUT2D eigenvalue weighted by Crippen LogP contribution is -2.24. The van der Waals surface area contributed by atoms with E-state index in [0.717, 1.165) is 5.69 Å². The summed E-state index contributed by atoms with van der Waals surface area (Å²) in [5, 5.41) is 11.6. The monoisotopic (exact) mass is 205 g/mol. The minimum absolute atomic E-state index is 0.0754. The number of nitrogens with one attached hydrogen (secondary N) is 1. The number of hydrogen-bond donors (Lipinski definition) is 2. The zero-order chi connectivity index (χ0) is 11.1. The largest absolute Gasteiger partial charge is 0.479 e. The van der Waals surface area contributed by atoms with Gasteiger partial charge in [0.15, 0.2) is 6.61 Å². The molecule has 1 aromatic rings. The van der Waals surface area contributed by atoms with Crippen molar-refractivity contribution in [2.75, 3.05) is 18.5 Å². The molecule has 1 rings (SSSR count). The summed E-state index contributed by atoms with van der Waals surface area (Å²) < 4.78 is 5.13. The predicted octanol–water partition coefficient (Wildman–Crippen LogP) is 1.35. The van der Waals surface area contributed by atoms with Crippen molar-refractivity contribution in [1.29, 1.82) is 5.26 Å². The molecule has 0 heterocycles. The van der Waals surface area contributed by atoms with Gasteiger partial charge in [0.2, 0.25) is 0 Å². The van der Waals surface area contributed by atoms with E-state index in [1.54, 1.807) is 0 Å². The van der Waals surface area contributed by atoms with Crippen molar-refractivity contribution >= 4 is 5.69 Å². The third kappa shape index (κ3) is 3.88. The molecule has 0 aliphatic carbocycles. The maximum absolute atomic E-state index is 8.33. The summed E-state index contributed by atoms with van der Waals surface area (Å²) in [5.41, 5.74) is 6.49. The predicted molar refractivity (Wildman–Crippen MR) is 59.7 cm³/mol. The highest BCUT2D eigenvalue weighted by atomic mass is 16.5. The molecule has 1 atom stereocenters. The van der Waals surface area contributed by atoms with Crippen LogP contribution in [0.5, 0.6) is 5.75 Å². The Kier molecular flexibility index (Phi) is 4.45. The molecule has 4 heteroatoms. The number of nitriles is 1. The summed E-state index contributed by atoms with van der Waals surface area (Å²) in [7, 11) is 0. The van der Waals surface area contributed by atoms with Gasteiger partial charge in [0.05, 0.1) is 0 Å². The minimum Gasteiger partial charge on any atom is -0.479 e. The van der Waals surface area contributed by atoms with E-state index in [-0.39, 0.29) is 12.6 Å². The molecule has 3 N–H and O–H groups in total. The zero-order valence-electron chi connectivity index (χ0n) is 8.73. The fourth-order valence-electron chi connectivity index (χ4n) is 1.11. The Hall–Kier alpha value is -1.73. The fraction of sp³-hybridized carbons (Fsp3) is 0.364. The van der Waals surface area contributed by atoms with Crippen molar-refractivity contribution in [3.63, 3.8) is 0 Å². The first-order valence-electron chi connectivity index (χ1n) is 4.82. The van der Waals surface area contributed by atoms with Crippen LogP contribution in [0.4, 0.5) is 5.69 Å². The van der Waals surface area contributed by atoms with E-state index >= 15 is 0 Å². The zero-order valence-corrected chi connectivity index (χ0v) is 8.73. The standard InChI is InChI=1S/C11H15N3O/c1-9(8-13)14-10-2-4-11(5-3-10)15-7-6-12/h2-5,9,14H,7-8,13H2,1H3. The Morgan fingerprint density at radius 3 is 2.67 bits per heavy atom. The second kappa shape index (κ2) is 5.89. The number of nitrogens with zero attached hydrogens (tertiary/aromatic N) is 1. The van der Waals surface area contributed by atoms with Crippen LogP contribution in [0.25, 0.3) is 0 Å². The molecule has 0 spiro atoms. The van der Waals surface area contributed by atoms with Gasteiger partial charge in [0.25, 0.3) is 0 Å². The molecule has 0 aromatic heterocycles. The van der Waals surface area contributed by atoms with E-state index < -0.39 is 0 Å². The smallest absolute Gasteiger partial charge is 0.174 e. The van der Waals surface area contributed by atoms with Crippen molar-refractivity contribution < 1.29 is 4.74 Å². The lowest BCUT2D eigenvalue weighted by molar-refractivity contribution is 0.368. The number of anilines is 1. The number of nitrogens with two attached hydrogens (primary N) is 1. The normalized spacial score (nSPS) is 11.5. The van der Waals surface area contributed by atoms with Crippen molar-refractivity contribution in [2.24, 2.45) is 5.73 Å². The van der Waals surface area contributed by atoms with Gasteiger partial charge in [-0.3, -0.25) is 0 Å². The van der Waals surface area contributed by atoms with Gasteiger partial charge in [0, 0.05) is 18.3 Å². The molecule has 0 aliphatic heterocycles. The van der Waals surface area contributed by atoms with Gasteiger partial charge >= 0.3 is 0 Å². The molecule has 0 amide bonds. The average Bonchev–Trinajstić information content (AvgIpc) is 2.28. The summed E-state index contributed by atoms with van der Waals surface area (Å²) in [5.74, 6) is 0.697. The van der Waals surface area contributed by atoms with E-state index in [1.807, 2.05) is 37.3 Å². The number of benzene rings is 1. The maximum Gasteiger partial charge on any atom is 0.174 e. The number of rotatable bonds is 5. The summed E-state index contributed by atoms with van der Waals surface area (Å²) in [6.45, 7) is 2.68. The van der Waals surface area contributed by atoms with Crippen LogP contribution in [-0.2, 0) is 0 Å². The van der Waals surface area contributed by atoms with Gasteiger partial charge in [-0.2, -0.15) is 5.26 Å². The van der Waals surface area contributed by atoms with E-state index in [2.05, 4.69) is 5.32 Å². The van der Waals surface area contributed by atoms with E-state index in [9.17, 15) is 0 Å². The van der Waals surface area contributed by atoms with Gasteiger partial charge in [0.1, 0.15) is 11.8 Å². The average molecular weight is 205 g/mol. The molecule has 0 aliphatic rings. The topological polar surface area (TPSA) is 71.1 Å². The van der Waals surface area contributed by atoms with Gasteiger partial charge in [-0.1, -0.05) is 0 Å². The molecule has 1 aromatic carbocycles. The lowest BCUT2D eigenvalue weighted by Gasteiger charge is -2.12. The number of ether oxygens (including phenoxy) is 1. The Morgan fingerprint density at radius 2 is 2.13 bits per heavy atom. The van der Waals surface area contributed by atoms with Crippen molar-refractivity contribution in [3.05, 3.63) is 24.3 Å². The molecule has 0 radical (unpaired) electrons. The van der Waals surface area contributed by atoms with E-state index in [1.165, 1.54) is 0 Å². The second-order valence-corrected chi connectivity index (χ2v) is 3.25. The van der Waals surface area contributed by atoms with Gasteiger partial charge < -0.3 is 15.8 Å². The SMILES string of the molecule is CC(CN)Nc1ccc(OCC#N)cc1. The summed E-state index contributed by atoms with van der Waals surface area (Å²) in [4.78, 5) is 0. The Morgan fingerprint density at radius 1 is 1.47 bits per heavy atom. The van der Waals surface area contributed by atoms with Crippen LogP contribution < -0.4 is 15.8 Å². The molecule has 0 bridgehead atoms. The Bertz CT molecular complexity index is 329. The summed E-state index contributed by atoms with van der Waals surface area (Å²) in [6.07, 6.45) is 0. The van der Waals surface area contributed by atoms with Crippen molar-refractivity contribution in [3.8, 4) is 11.8 Å². The summed E-state index contributed by atoms with van der Waals surface area (Å²) >= 11 is 0. The quantitative estimate of drug-likeness (QED) is 0.761. The van der Waals surface area contributed by atoms with Gasteiger partial charge in [-0.15, -0.1) is 0 Å². The molecule has 0 fully saturated rings. The van der Waals surface area contributed by atoms with Crippen molar-refractivity contribution in [1.82, 2.24) is 0 Å². The molecular formula is C11H15N3O. The maximum atomic E-state index is 8.33. The highest BCUT2D eigenvalue weighted by Gasteiger charge is 1.99. The van der Waals surface area contributed by atoms with Crippen LogP contribution in [0.1, 0.15) is 6.92 Å². The molecule has 80 valence electrons. The van der Waals surface area contributed by atoms with E-state index in [4.69, 9.17) is 15.7 Å². The first-order valence-corrected chi connectivity index (χ1v) is 4.82. The molecule has 15 heavy (non-hydrogen) atoms. The van der Waals surface area contributed by atoms with Crippen LogP contribution in [0, 0.1) is 11.3 Å². The van der Waals surface area contributed by atoms with Crippen LogP contribution in [0.2, 0.25) is 0 Å². The highest BCUT2D eigenvalue weighted by Crippen LogP contribution is 2.15. The lowest BCUT2D eigenvalue weighted by atomic mass is 10.2. The third-order valence-electron chi connectivity index (χ3n) is 1.92. The van der Waals surface area contributed by atoms with Crippen LogP contribution in [-0.4, -0.2) is 19.2 Å². The molecular weight excluding hydrogens is 190 g/mol.